The zero-order chi connectivity index (χ0) is 13.0. The molecule has 1 N–H and O–H groups in total. The van der Waals surface area contributed by atoms with E-state index in [0.29, 0.717) is 17.4 Å². The first kappa shape index (κ1) is 12.2. The van der Waals surface area contributed by atoms with Crippen molar-refractivity contribution in [3.63, 3.8) is 0 Å². The standard InChI is InChI=1S/C12H16N4O2/c1-4-16-8-13-12(15-16)14-9-5-10(17-2)7-11(6-9)18-3/h5-8H,4H2,1-3H3,(H,14,15). The SMILES string of the molecule is CCn1cnc(Nc2cc(OC)cc(OC)c2)n1. The Kier molecular flexibility index (Phi) is 3.66. The summed E-state index contributed by atoms with van der Waals surface area (Å²) in [6.07, 6.45) is 1.68. The van der Waals surface area contributed by atoms with Gasteiger partial charge in [0.25, 0.3) is 0 Å². The third kappa shape index (κ3) is 2.71. The van der Waals surface area contributed by atoms with Gasteiger partial charge in [0, 0.05) is 30.4 Å². The van der Waals surface area contributed by atoms with Crippen LogP contribution < -0.4 is 14.8 Å². The van der Waals surface area contributed by atoms with Gasteiger partial charge in [-0.3, -0.25) is 4.68 Å². The van der Waals surface area contributed by atoms with Gasteiger partial charge in [0.2, 0.25) is 5.95 Å². The smallest absolute Gasteiger partial charge is 0.246 e. The second kappa shape index (κ2) is 5.39. The van der Waals surface area contributed by atoms with Crippen molar-refractivity contribution in [2.24, 2.45) is 0 Å². The number of benzene rings is 1. The molecule has 6 nitrogen and oxygen atoms in total. The highest BCUT2D eigenvalue weighted by atomic mass is 16.5. The molecule has 0 aliphatic rings. The van der Waals surface area contributed by atoms with Gasteiger partial charge in [-0.25, -0.2) is 4.98 Å². The summed E-state index contributed by atoms with van der Waals surface area (Å²) in [6, 6.07) is 5.52. The Morgan fingerprint density at radius 2 is 1.83 bits per heavy atom. The fourth-order valence-corrected chi connectivity index (χ4v) is 1.51. The number of rotatable bonds is 5. The fraction of sp³-hybridized carbons (Fsp3) is 0.333. The number of aryl methyl sites for hydroxylation is 1. The average Bonchev–Trinajstić information content (AvgIpc) is 2.85. The molecule has 6 heteroatoms. The molecule has 96 valence electrons. The summed E-state index contributed by atoms with van der Waals surface area (Å²) in [7, 11) is 3.23. The van der Waals surface area contributed by atoms with E-state index in [1.54, 1.807) is 25.2 Å². The highest BCUT2D eigenvalue weighted by Gasteiger charge is 2.04. The van der Waals surface area contributed by atoms with Crippen molar-refractivity contribution in [3.8, 4) is 11.5 Å². The maximum absolute atomic E-state index is 5.20. The molecule has 0 spiro atoms. The lowest BCUT2D eigenvalue weighted by molar-refractivity contribution is 0.395. The van der Waals surface area contributed by atoms with Gasteiger partial charge in [-0.2, -0.15) is 0 Å². The highest BCUT2D eigenvalue weighted by Crippen LogP contribution is 2.26. The van der Waals surface area contributed by atoms with E-state index in [4.69, 9.17) is 9.47 Å². The molecule has 0 atom stereocenters. The van der Waals surface area contributed by atoms with E-state index in [0.717, 1.165) is 12.2 Å². The minimum atomic E-state index is 0.548. The molecule has 1 aromatic carbocycles. The molecule has 1 heterocycles. The van der Waals surface area contributed by atoms with Gasteiger partial charge >= 0.3 is 0 Å². The molecular formula is C12H16N4O2. The molecule has 1 aromatic heterocycles. The summed E-state index contributed by atoms with van der Waals surface area (Å²) in [5.41, 5.74) is 0.819. The Morgan fingerprint density at radius 1 is 1.17 bits per heavy atom. The van der Waals surface area contributed by atoms with Crippen molar-refractivity contribution in [2.75, 3.05) is 19.5 Å². The van der Waals surface area contributed by atoms with Gasteiger partial charge in [0.15, 0.2) is 0 Å². The van der Waals surface area contributed by atoms with Crippen molar-refractivity contribution in [1.29, 1.82) is 0 Å². The van der Waals surface area contributed by atoms with Gasteiger partial charge in [-0.15, -0.1) is 5.10 Å². The topological polar surface area (TPSA) is 61.2 Å². The minimum absolute atomic E-state index is 0.548. The van der Waals surface area contributed by atoms with Crippen molar-refractivity contribution in [1.82, 2.24) is 14.8 Å². The number of aromatic nitrogens is 3. The van der Waals surface area contributed by atoms with Crippen LogP contribution in [0.2, 0.25) is 0 Å². The molecule has 2 aromatic rings. The first-order chi connectivity index (χ1) is 8.75. The van der Waals surface area contributed by atoms with Crippen LogP contribution in [0.4, 0.5) is 11.6 Å². The summed E-state index contributed by atoms with van der Waals surface area (Å²) in [5, 5.41) is 7.35. The molecule has 0 fully saturated rings. The van der Waals surface area contributed by atoms with E-state index in [9.17, 15) is 0 Å². The molecule has 0 radical (unpaired) electrons. The molecule has 0 aliphatic carbocycles. The highest BCUT2D eigenvalue weighted by molar-refractivity contribution is 5.59. The lowest BCUT2D eigenvalue weighted by Gasteiger charge is -2.08. The first-order valence-corrected chi connectivity index (χ1v) is 5.64. The fourth-order valence-electron chi connectivity index (χ4n) is 1.51. The molecule has 2 rings (SSSR count). The molecule has 0 bridgehead atoms. The Bertz CT molecular complexity index is 502. The second-order valence-electron chi connectivity index (χ2n) is 3.65. The Hall–Kier alpha value is -2.24. The number of methoxy groups -OCH3 is 2. The minimum Gasteiger partial charge on any atom is -0.497 e. The van der Waals surface area contributed by atoms with E-state index in [1.165, 1.54) is 0 Å². The van der Waals surface area contributed by atoms with Gasteiger partial charge in [-0.05, 0) is 6.92 Å². The zero-order valence-electron chi connectivity index (χ0n) is 10.7. The van der Waals surface area contributed by atoms with Crippen LogP contribution in [0.25, 0.3) is 0 Å². The van der Waals surface area contributed by atoms with Crippen LogP contribution in [0.3, 0.4) is 0 Å². The van der Waals surface area contributed by atoms with Crippen LogP contribution in [0.5, 0.6) is 11.5 Å². The molecular weight excluding hydrogens is 232 g/mol. The number of hydrogen-bond acceptors (Lipinski definition) is 5. The molecule has 0 unspecified atom stereocenters. The normalized spacial score (nSPS) is 10.2. The second-order valence-corrected chi connectivity index (χ2v) is 3.65. The zero-order valence-corrected chi connectivity index (χ0v) is 10.7. The number of nitrogens with one attached hydrogen (secondary N) is 1. The summed E-state index contributed by atoms with van der Waals surface area (Å²) in [5.74, 6) is 1.98. The van der Waals surface area contributed by atoms with Crippen LogP contribution in [-0.2, 0) is 6.54 Å². The van der Waals surface area contributed by atoms with Crippen LogP contribution in [0, 0.1) is 0 Å². The molecule has 0 saturated carbocycles. The molecule has 18 heavy (non-hydrogen) atoms. The van der Waals surface area contributed by atoms with Crippen LogP contribution >= 0.6 is 0 Å². The maximum atomic E-state index is 5.20. The van der Waals surface area contributed by atoms with Crippen molar-refractivity contribution in [2.45, 2.75) is 13.5 Å². The third-order valence-electron chi connectivity index (χ3n) is 2.47. The van der Waals surface area contributed by atoms with E-state index >= 15 is 0 Å². The quantitative estimate of drug-likeness (QED) is 0.877. The molecule has 0 aliphatic heterocycles. The molecule has 0 saturated heterocycles. The van der Waals surface area contributed by atoms with Gasteiger partial charge in [0.05, 0.1) is 14.2 Å². The van der Waals surface area contributed by atoms with Crippen LogP contribution in [0.1, 0.15) is 6.92 Å². The van der Waals surface area contributed by atoms with Gasteiger partial charge in [-0.1, -0.05) is 0 Å². The van der Waals surface area contributed by atoms with Crippen molar-refractivity contribution >= 4 is 11.6 Å². The van der Waals surface area contributed by atoms with Gasteiger partial charge in [0.1, 0.15) is 17.8 Å². The number of nitrogens with zero attached hydrogens (tertiary/aromatic N) is 3. The Labute approximate surface area is 106 Å². The van der Waals surface area contributed by atoms with E-state index in [1.807, 2.05) is 25.1 Å². The number of ether oxygens (including phenoxy) is 2. The predicted molar refractivity (Wildman–Crippen MR) is 68.5 cm³/mol. The van der Waals surface area contributed by atoms with Crippen molar-refractivity contribution < 1.29 is 9.47 Å². The van der Waals surface area contributed by atoms with E-state index in [2.05, 4.69) is 15.4 Å². The molecule has 0 amide bonds. The maximum Gasteiger partial charge on any atom is 0.246 e. The van der Waals surface area contributed by atoms with Crippen LogP contribution in [0.15, 0.2) is 24.5 Å². The lowest BCUT2D eigenvalue weighted by atomic mass is 10.3. The number of hydrogen-bond donors (Lipinski definition) is 1. The summed E-state index contributed by atoms with van der Waals surface area (Å²) in [6.45, 7) is 2.79. The summed E-state index contributed by atoms with van der Waals surface area (Å²) in [4.78, 5) is 4.15. The first-order valence-electron chi connectivity index (χ1n) is 5.64. The summed E-state index contributed by atoms with van der Waals surface area (Å²) < 4.78 is 12.1. The average molecular weight is 248 g/mol. The third-order valence-corrected chi connectivity index (χ3v) is 2.47. The number of anilines is 2. The Morgan fingerprint density at radius 3 is 2.33 bits per heavy atom. The summed E-state index contributed by atoms with van der Waals surface area (Å²) >= 11 is 0. The largest absolute Gasteiger partial charge is 0.497 e. The van der Waals surface area contributed by atoms with Gasteiger partial charge < -0.3 is 14.8 Å². The predicted octanol–water partition coefficient (Wildman–Crippen LogP) is 2.06. The van der Waals surface area contributed by atoms with E-state index in [-0.39, 0.29) is 0 Å². The lowest BCUT2D eigenvalue weighted by Crippen LogP contribution is -1.98. The van der Waals surface area contributed by atoms with Crippen LogP contribution in [-0.4, -0.2) is 29.0 Å². The monoisotopic (exact) mass is 248 g/mol. The van der Waals surface area contributed by atoms with E-state index < -0.39 is 0 Å². The Balaban J connectivity index is 2.22. The van der Waals surface area contributed by atoms with Crippen molar-refractivity contribution in [3.05, 3.63) is 24.5 Å².